The van der Waals surface area contributed by atoms with Crippen LogP contribution in [0, 0.1) is 23.2 Å². The third-order valence-corrected chi connectivity index (χ3v) is 14.3. The average Bonchev–Trinajstić information content (AvgIpc) is 3.57. The molecule has 0 aliphatic heterocycles. The van der Waals surface area contributed by atoms with Crippen molar-refractivity contribution in [1.29, 1.82) is 0 Å². The highest BCUT2D eigenvalue weighted by Crippen LogP contribution is 2.54. The van der Waals surface area contributed by atoms with Crippen LogP contribution in [0.3, 0.4) is 0 Å². The van der Waals surface area contributed by atoms with E-state index in [0.717, 1.165) is 51.3 Å². The first-order valence-corrected chi connectivity index (χ1v) is 23.6. The number of ether oxygens (including phenoxy) is 2. The number of nitrogens with zero attached hydrogens (tertiary/aromatic N) is 4. The summed E-state index contributed by atoms with van der Waals surface area (Å²) in [5.74, 6) is 1.73. The molecule has 2 aliphatic carbocycles. The first-order valence-electron chi connectivity index (χ1n) is 22.1. The third-order valence-electron chi connectivity index (χ3n) is 12.8. The molecule has 7 rings (SSSR count). The van der Waals surface area contributed by atoms with Crippen LogP contribution < -0.4 is 10.6 Å². The Bertz CT molecular complexity index is 2380. The number of anilines is 1. The lowest BCUT2D eigenvalue weighted by molar-refractivity contribution is -0.141. The van der Waals surface area contributed by atoms with Gasteiger partial charge in [0.2, 0.25) is 5.91 Å². The summed E-state index contributed by atoms with van der Waals surface area (Å²) >= 11 is 25.7. The lowest BCUT2D eigenvalue weighted by Gasteiger charge is -2.50. The fourth-order valence-electron chi connectivity index (χ4n) is 10.6. The minimum atomic E-state index is -0.443. The van der Waals surface area contributed by atoms with E-state index in [9.17, 15) is 14.4 Å². The number of rotatable bonds is 18. The molecule has 2 saturated carbocycles. The van der Waals surface area contributed by atoms with Crippen LogP contribution in [0.2, 0.25) is 20.1 Å². The summed E-state index contributed by atoms with van der Waals surface area (Å²) in [5.41, 5.74) is 12.6. The van der Waals surface area contributed by atoms with Crippen molar-refractivity contribution in [3.05, 3.63) is 116 Å². The highest BCUT2D eigenvalue weighted by atomic mass is 35.5. The van der Waals surface area contributed by atoms with Crippen molar-refractivity contribution in [3.63, 3.8) is 0 Å². The van der Waals surface area contributed by atoms with Crippen LogP contribution in [0.5, 0.6) is 0 Å². The predicted molar refractivity (Wildman–Crippen MR) is 257 cm³/mol. The van der Waals surface area contributed by atoms with Crippen LogP contribution >= 0.6 is 46.4 Å². The summed E-state index contributed by atoms with van der Waals surface area (Å²) in [5, 5.41) is 1.79. The summed E-state index contributed by atoms with van der Waals surface area (Å²) in [4.78, 5) is 45.8. The van der Waals surface area contributed by atoms with Crippen molar-refractivity contribution in [1.82, 2.24) is 14.5 Å². The first-order chi connectivity index (χ1) is 30.5. The molecule has 0 radical (unpaired) electrons. The number of amides is 1. The van der Waals surface area contributed by atoms with Crippen molar-refractivity contribution in [2.45, 2.75) is 91.9 Å². The van der Waals surface area contributed by atoms with Gasteiger partial charge in [0.15, 0.2) is 0 Å². The first kappa shape index (κ1) is 47.6. The van der Waals surface area contributed by atoms with E-state index in [1.165, 1.54) is 46.0 Å². The molecular weight excluding hydrogens is 892 g/mol. The minimum absolute atomic E-state index is 0.0505. The SMILES string of the molecule is CC(=O)OCCN(CCOC(C)=O)c1ccc(-c2nc3cc(C(CC(N)=O)N(Cc4ccc(Cl)c(Cl)c4)Cc4ccc(Cl)c(Cl)c4)ccc3n2CC23CC(C)CC(CC(C)C2)C3)cc1. The zero-order valence-electron chi connectivity index (χ0n) is 36.9. The molecule has 10 nitrogen and oxygen atoms in total. The summed E-state index contributed by atoms with van der Waals surface area (Å²) in [6.45, 7) is 10.5. The van der Waals surface area contributed by atoms with Crippen molar-refractivity contribution < 1.29 is 23.9 Å². The zero-order valence-corrected chi connectivity index (χ0v) is 40.0. The monoisotopic (exact) mass is 947 g/mol. The Morgan fingerprint density at radius 3 is 1.84 bits per heavy atom. The van der Waals surface area contributed by atoms with Gasteiger partial charge in [-0.3, -0.25) is 19.3 Å². The number of nitrogens with two attached hydrogens (primary N) is 1. The maximum absolute atomic E-state index is 13.0. The van der Waals surface area contributed by atoms with Gasteiger partial charge in [-0.15, -0.1) is 0 Å². The summed E-state index contributed by atoms with van der Waals surface area (Å²) in [6, 6.07) is 25.3. The quantitative estimate of drug-likeness (QED) is 0.0863. The molecule has 1 amide bonds. The summed E-state index contributed by atoms with van der Waals surface area (Å²) < 4.78 is 13.0. The van der Waals surface area contributed by atoms with Crippen LogP contribution in [0.15, 0.2) is 78.9 Å². The van der Waals surface area contributed by atoms with Gasteiger partial charge < -0.3 is 24.7 Å². The summed E-state index contributed by atoms with van der Waals surface area (Å²) in [7, 11) is 0. The molecule has 2 aliphatic rings. The van der Waals surface area contributed by atoms with Gasteiger partial charge in [-0.2, -0.15) is 0 Å². The average molecular weight is 950 g/mol. The van der Waals surface area contributed by atoms with Crippen LogP contribution in [0.4, 0.5) is 5.69 Å². The van der Waals surface area contributed by atoms with E-state index in [1.807, 2.05) is 41.3 Å². The number of hydrogen-bond donors (Lipinski definition) is 1. The number of primary amides is 1. The number of halogens is 4. The van der Waals surface area contributed by atoms with E-state index in [4.69, 9.17) is 66.6 Å². The van der Waals surface area contributed by atoms with Gasteiger partial charge in [0.25, 0.3) is 0 Å². The summed E-state index contributed by atoms with van der Waals surface area (Å²) in [6.07, 6.45) is 6.15. The van der Waals surface area contributed by atoms with E-state index >= 15 is 0 Å². The van der Waals surface area contributed by atoms with Crippen LogP contribution in [-0.2, 0) is 43.5 Å². The molecule has 1 aromatic heterocycles. The molecule has 340 valence electrons. The van der Waals surface area contributed by atoms with E-state index in [0.29, 0.717) is 64.0 Å². The minimum Gasteiger partial charge on any atom is -0.464 e. The Morgan fingerprint density at radius 2 is 1.33 bits per heavy atom. The van der Waals surface area contributed by atoms with Crippen LogP contribution in [0.25, 0.3) is 22.4 Å². The molecule has 4 aromatic carbocycles. The maximum Gasteiger partial charge on any atom is 0.302 e. The van der Waals surface area contributed by atoms with Gasteiger partial charge in [0.1, 0.15) is 19.0 Å². The molecule has 2 fully saturated rings. The van der Waals surface area contributed by atoms with Gasteiger partial charge in [0, 0.05) is 57.2 Å². The number of imidazole rings is 1. The Hall–Kier alpha value is -4.32. The van der Waals surface area contributed by atoms with Crippen molar-refractivity contribution in [2.75, 3.05) is 31.2 Å². The van der Waals surface area contributed by atoms with Crippen molar-refractivity contribution >= 4 is 81.0 Å². The Kier molecular flexibility index (Phi) is 15.5. The maximum atomic E-state index is 13.0. The van der Waals surface area contributed by atoms with Crippen LogP contribution in [0.1, 0.15) is 89.0 Å². The van der Waals surface area contributed by atoms with Gasteiger partial charge in [-0.05, 0) is 133 Å². The molecule has 3 unspecified atom stereocenters. The molecule has 2 N–H and O–H groups in total. The number of aromatic nitrogens is 2. The molecule has 14 heteroatoms. The van der Waals surface area contributed by atoms with E-state index in [-0.39, 0.29) is 37.0 Å². The van der Waals surface area contributed by atoms with Gasteiger partial charge in [-0.1, -0.05) is 78.5 Å². The molecule has 5 aromatic rings. The van der Waals surface area contributed by atoms with Gasteiger partial charge in [-0.25, -0.2) is 4.98 Å². The highest BCUT2D eigenvalue weighted by Gasteiger charge is 2.45. The molecule has 0 saturated heterocycles. The van der Waals surface area contributed by atoms with Crippen molar-refractivity contribution in [3.8, 4) is 11.4 Å². The largest absolute Gasteiger partial charge is 0.464 e. The molecular formula is C50H57Cl4N5O5. The Balaban J connectivity index is 1.31. The number of carbonyl (C=O) groups is 3. The fourth-order valence-corrected chi connectivity index (χ4v) is 11.3. The van der Waals surface area contributed by atoms with Gasteiger partial charge >= 0.3 is 11.9 Å². The molecule has 64 heavy (non-hydrogen) atoms. The smallest absolute Gasteiger partial charge is 0.302 e. The molecule has 2 bridgehead atoms. The fraction of sp³-hybridized carbons (Fsp3) is 0.440. The second-order valence-electron chi connectivity index (χ2n) is 18.2. The number of benzene rings is 4. The lowest BCUT2D eigenvalue weighted by atomic mass is 9.57. The van der Waals surface area contributed by atoms with Crippen molar-refractivity contribution in [2.24, 2.45) is 28.9 Å². The van der Waals surface area contributed by atoms with E-state index in [1.54, 1.807) is 12.1 Å². The molecule has 1 heterocycles. The Labute approximate surface area is 396 Å². The predicted octanol–water partition coefficient (Wildman–Crippen LogP) is 11.7. The number of carbonyl (C=O) groups excluding carboxylic acids is 3. The zero-order chi connectivity index (χ0) is 45.7. The van der Waals surface area contributed by atoms with E-state index < -0.39 is 11.9 Å². The second-order valence-corrected chi connectivity index (χ2v) is 19.9. The number of esters is 2. The topological polar surface area (TPSA) is 120 Å². The number of hydrogen-bond acceptors (Lipinski definition) is 8. The molecule has 0 spiro atoms. The highest BCUT2D eigenvalue weighted by molar-refractivity contribution is 6.42. The van der Waals surface area contributed by atoms with Crippen LogP contribution in [-0.4, -0.2) is 58.6 Å². The lowest BCUT2D eigenvalue weighted by Crippen LogP contribution is -2.42. The van der Waals surface area contributed by atoms with E-state index in [2.05, 4.69) is 53.6 Å². The number of fused-ring (bicyclic) bond motifs is 3. The standard InChI is InChI=1S/C50H57Cl4N5O5/c1-31-19-37-20-32(2)26-50(25-31,27-37)30-59-46-14-9-39(23-45(46)56-49(59)38-7-10-40(11-8-38)57(15-17-63-33(3)60)16-18-64-34(4)61)47(24-48(55)62)58(28-35-5-12-41(51)43(53)21-35)29-36-6-13-42(52)44(54)22-36/h5-14,21-23,31-32,37,47H,15-20,24-30H2,1-4H3,(H2,55,62). The Morgan fingerprint density at radius 1 is 0.766 bits per heavy atom. The van der Waals surface area contributed by atoms with Gasteiger partial charge in [0.05, 0.1) is 44.2 Å². The second kappa shape index (κ2) is 20.9. The normalized spacial score (nSPS) is 20.0. The molecule has 3 atom stereocenters. The third kappa shape index (κ3) is 11.9.